The molecule has 1 heterocycles. The fraction of sp³-hybridized carbons (Fsp3) is 0.538. The second-order valence-corrected chi connectivity index (χ2v) is 5.55. The van der Waals surface area contributed by atoms with Crippen LogP contribution in [-0.2, 0) is 0 Å². The van der Waals surface area contributed by atoms with E-state index in [4.69, 9.17) is 16.3 Å². The molecule has 0 aromatic carbocycles. The summed E-state index contributed by atoms with van der Waals surface area (Å²) in [6.45, 7) is 0. The minimum atomic E-state index is 0.401. The molecule has 2 aliphatic rings. The third-order valence-electron chi connectivity index (χ3n) is 3.85. The number of methoxy groups -OCH3 is 1. The molecular formula is C13H15ClN2O. The van der Waals surface area contributed by atoms with Crippen molar-refractivity contribution >= 4 is 17.7 Å². The zero-order valence-electron chi connectivity index (χ0n) is 9.82. The molecule has 0 saturated heterocycles. The lowest BCUT2D eigenvalue weighted by Gasteiger charge is -2.33. The van der Waals surface area contributed by atoms with E-state index in [9.17, 15) is 0 Å². The molecule has 0 atom stereocenters. The summed E-state index contributed by atoms with van der Waals surface area (Å²) in [4.78, 5) is 0. The van der Waals surface area contributed by atoms with Crippen molar-refractivity contribution in [3.05, 3.63) is 22.9 Å². The molecule has 3 nitrogen and oxygen atoms in total. The topological polar surface area (TPSA) is 35.0 Å². The number of ether oxygens (including phenoxy) is 1. The largest absolute Gasteiger partial charge is 0.479 e. The minimum Gasteiger partial charge on any atom is -0.479 e. The molecule has 0 bridgehead atoms. The fourth-order valence-electron chi connectivity index (χ4n) is 2.66. The van der Waals surface area contributed by atoms with Crippen LogP contribution in [0.3, 0.4) is 0 Å². The zero-order chi connectivity index (χ0) is 11.9. The Labute approximate surface area is 106 Å². The van der Waals surface area contributed by atoms with Gasteiger partial charge in [-0.05, 0) is 43.1 Å². The van der Waals surface area contributed by atoms with Gasteiger partial charge in [0.1, 0.15) is 0 Å². The van der Waals surface area contributed by atoms with Crippen LogP contribution in [0.15, 0.2) is 12.1 Å². The maximum atomic E-state index is 5.83. The van der Waals surface area contributed by atoms with Gasteiger partial charge in [0.2, 0.25) is 5.88 Å². The first-order valence-corrected chi connectivity index (χ1v) is 6.34. The smallest absolute Gasteiger partial charge is 0.240 e. The van der Waals surface area contributed by atoms with Gasteiger partial charge in [-0.2, -0.15) is 0 Å². The summed E-state index contributed by atoms with van der Waals surface area (Å²) >= 11 is 5.83. The van der Waals surface area contributed by atoms with Gasteiger partial charge in [0.15, 0.2) is 5.15 Å². The van der Waals surface area contributed by atoms with Gasteiger partial charge >= 0.3 is 0 Å². The fourth-order valence-corrected chi connectivity index (χ4v) is 2.82. The molecule has 0 N–H and O–H groups in total. The highest BCUT2D eigenvalue weighted by molar-refractivity contribution is 6.29. The Morgan fingerprint density at radius 1 is 1.41 bits per heavy atom. The zero-order valence-corrected chi connectivity index (χ0v) is 10.6. The molecule has 1 aromatic heterocycles. The van der Waals surface area contributed by atoms with Crippen LogP contribution in [0.25, 0.3) is 6.08 Å². The molecule has 3 rings (SSSR count). The molecule has 90 valence electrons. The molecule has 0 amide bonds. The second kappa shape index (κ2) is 3.98. The van der Waals surface area contributed by atoms with Crippen LogP contribution < -0.4 is 4.74 Å². The number of nitrogens with zero attached hydrogens (tertiary/aromatic N) is 2. The highest BCUT2D eigenvalue weighted by Crippen LogP contribution is 2.63. The van der Waals surface area contributed by atoms with Gasteiger partial charge in [-0.15, -0.1) is 10.2 Å². The van der Waals surface area contributed by atoms with Gasteiger partial charge in [0.25, 0.3) is 0 Å². The lowest BCUT2D eigenvalue weighted by Crippen LogP contribution is -2.22. The lowest BCUT2D eigenvalue weighted by atomic mass is 9.72. The summed E-state index contributed by atoms with van der Waals surface area (Å²) in [7, 11) is 1.60. The molecule has 0 unspecified atom stereocenters. The summed E-state index contributed by atoms with van der Waals surface area (Å²) in [6, 6.07) is 1.79. The maximum Gasteiger partial charge on any atom is 0.240 e. The Balaban J connectivity index is 1.71. The molecule has 0 radical (unpaired) electrons. The van der Waals surface area contributed by atoms with E-state index in [-0.39, 0.29) is 0 Å². The predicted octanol–water partition coefficient (Wildman–Crippen LogP) is 3.34. The van der Waals surface area contributed by atoms with Gasteiger partial charge < -0.3 is 4.74 Å². The van der Waals surface area contributed by atoms with Crippen molar-refractivity contribution in [2.75, 3.05) is 7.11 Å². The van der Waals surface area contributed by atoms with Gasteiger partial charge in [-0.1, -0.05) is 23.8 Å². The number of rotatable bonds is 3. The first-order chi connectivity index (χ1) is 8.21. The van der Waals surface area contributed by atoms with E-state index < -0.39 is 0 Å². The van der Waals surface area contributed by atoms with Crippen molar-refractivity contribution < 1.29 is 4.74 Å². The molecule has 1 spiro atoms. The van der Waals surface area contributed by atoms with Crippen molar-refractivity contribution in [2.24, 2.45) is 11.3 Å². The molecule has 2 saturated carbocycles. The van der Waals surface area contributed by atoms with Crippen molar-refractivity contribution in [2.45, 2.75) is 25.7 Å². The molecule has 0 aliphatic heterocycles. The summed E-state index contributed by atoms with van der Waals surface area (Å²) in [5, 5.41) is 8.07. The van der Waals surface area contributed by atoms with E-state index in [1.807, 2.05) is 0 Å². The molecule has 2 fully saturated rings. The van der Waals surface area contributed by atoms with Crippen LogP contribution in [0.1, 0.15) is 31.2 Å². The second-order valence-electron chi connectivity index (χ2n) is 5.16. The monoisotopic (exact) mass is 250 g/mol. The third kappa shape index (κ3) is 2.16. The van der Waals surface area contributed by atoms with Crippen LogP contribution in [0.2, 0.25) is 5.15 Å². The van der Waals surface area contributed by atoms with E-state index in [1.54, 1.807) is 13.2 Å². The SMILES string of the molecule is COc1nnc(Cl)cc1/C=C/C1CC2(CC2)C1. The standard InChI is InChI=1S/C13H15ClN2O/c1-17-12-10(6-11(14)15-16-12)3-2-9-7-13(8-9)4-5-13/h2-3,6,9H,4-5,7-8H2,1H3/b3-2+. The van der Waals surface area contributed by atoms with E-state index >= 15 is 0 Å². The van der Waals surface area contributed by atoms with Crippen LogP contribution >= 0.6 is 11.6 Å². The van der Waals surface area contributed by atoms with E-state index in [0.717, 1.165) is 11.0 Å². The Morgan fingerprint density at radius 2 is 2.18 bits per heavy atom. The summed E-state index contributed by atoms with van der Waals surface area (Å²) in [6.07, 6.45) is 9.86. The minimum absolute atomic E-state index is 0.401. The van der Waals surface area contributed by atoms with Gasteiger partial charge in [0, 0.05) is 5.56 Å². The highest BCUT2D eigenvalue weighted by atomic mass is 35.5. The lowest BCUT2D eigenvalue weighted by molar-refractivity contribution is 0.214. The van der Waals surface area contributed by atoms with Crippen molar-refractivity contribution in [1.82, 2.24) is 10.2 Å². The Bertz CT molecular complexity index is 460. The Morgan fingerprint density at radius 3 is 2.82 bits per heavy atom. The van der Waals surface area contributed by atoms with Gasteiger partial charge in [-0.25, -0.2) is 0 Å². The normalized spacial score (nSPS) is 21.8. The predicted molar refractivity (Wildman–Crippen MR) is 67.0 cm³/mol. The molecule has 4 heteroatoms. The third-order valence-corrected chi connectivity index (χ3v) is 4.03. The molecule has 2 aliphatic carbocycles. The number of allylic oxidation sites excluding steroid dienone is 1. The highest BCUT2D eigenvalue weighted by Gasteiger charge is 2.51. The number of hydrogen-bond donors (Lipinski definition) is 0. The van der Waals surface area contributed by atoms with Crippen molar-refractivity contribution in [3.8, 4) is 5.88 Å². The summed E-state index contributed by atoms with van der Waals surface area (Å²) in [5.74, 6) is 1.25. The maximum absolute atomic E-state index is 5.83. The molecular weight excluding hydrogens is 236 g/mol. The quantitative estimate of drug-likeness (QED) is 0.825. The summed E-state index contributed by atoms with van der Waals surface area (Å²) in [5.41, 5.74) is 1.65. The Kier molecular flexibility index (Phi) is 2.58. The van der Waals surface area contributed by atoms with Crippen LogP contribution in [0.5, 0.6) is 5.88 Å². The number of aromatic nitrogens is 2. The average molecular weight is 251 g/mol. The van der Waals surface area contributed by atoms with Crippen LogP contribution in [-0.4, -0.2) is 17.3 Å². The number of halogens is 1. The first-order valence-electron chi connectivity index (χ1n) is 5.96. The van der Waals surface area contributed by atoms with Gasteiger partial charge in [0.05, 0.1) is 7.11 Å². The number of hydrogen-bond acceptors (Lipinski definition) is 3. The van der Waals surface area contributed by atoms with Crippen LogP contribution in [0.4, 0.5) is 0 Å². The van der Waals surface area contributed by atoms with Crippen molar-refractivity contribution in [3.63, 3.8) is 0 Å². The summed E-state index contributed by atoms with van der Waals surface area (Å²) < 4.78 is 5.15. The first kappa shape index (κ1) is 11.0. The van der Waals surface area contributed by atoms with Crippen LogP contribution in [0, 0.1) is 11.3 Å². The van der Waals surface area contributed by atoms with E-state index in [0.29, 0.717) is 17.0 Å². The molecule has 17 heavy (non-hydrogen) atoms. The average Bonchev–Trinajstić information content (AvgIpc) is 3.05. The molecule has 1 aromatic rings. The van der Waals surface area contributed by atoms with E-state index in [1.165, 1.54) is 25.7 Å². The van der Waals surface area contributed by atoms with E-state index in [2.05, 4.69) is 22.3 Å². The Hall–Kier alpha value is -1.09. The van der Waals surface area contributed by atoms with Gasteiger partial charge in [-0.3, -0.25) is 0 Å². The van der Waals surface area contributed by atoms with Crippen molar-refractivity contribution in [1.29, 1.82) is 0 Å².